The van der Waals surface area contributed by atoms with Crippen LogP contribution >= 0.6 is 11.8 Å². The first-order valence-corrected chi connectivity index (χ1v) is 6.26. The number of rotatable bonds is 5. The lowest BCUT2D eigenvalue weighted by molar-refractivity contribution is 0.143. The van der Waals surface area contributed by atoms with Crippen molar-refractivity contribution in [2.24, 2.45) is 5.92 Å². The Morgan fingerprint density at radius 1 is 1.25 bits per heavy atom. The molecule has 1 heterocycles. The monoisotopic (exact) mass is 188 g/mol. The van der Waals surface area contributed by atoms with Gasteiger partial charge in [0.25, 0.3) is 0 Å². The topological polar surface area (TPSA) is 20.2 Å². The van der Waals surface area contributed by atoms with E-state index in [1.807, 2.05) is 11.8 Å². The molecule has 1 fully saturated rings. The van der Waals surface area contributed by atoms with Crippen LogP contribution in [0.5, 0.6) is 0 Å². The molecule has 1 N–H and O–H groups in total. The zero-order valence-electron chi connectivity index (χ0n) is 7.96. The van der Waals surface area contributed by atoms with E-state index in [4.69, 9.17) is 0 Å². The number of aliphatic hydroxyl groups is 1. The summed E-state index contributed by atoms with van der Waals surface area (Å²) < 4.78 is 0. The molecule has 1 rings (SSSR count). The lowest BCUT2D eigenvalue weighted by atomic mass is 9.98. The number of thioether (sulfide) groups is 1. The molecule has 0 spiro atoms. The van der Waals surface area contributed by atoms with Gasteiger partial charge in [0.2, 0.25) is 0 Å². The van der Waals surface area contributed by atoms with Crippen LogP contribution in [0.1, 0.15) is 39.0 Å². The second-order valence-corrected chi connectivity index (χ2v) is 4.79. The van der Waals surface area contributed by atoms with Crippen LogP contribution in [-0.4, -0.2) is 22.7 Å². The van der Waals surface area contributed by atoms with E-state index in [2.05, 4.69) is 6.92 Å². The summed E-state index contributed by atoms with van der Waals surface area (Å²) in [4.78, 5) is 0. The summed E-state index contributed by atoms with van der Waals surface area (Å²) in [5.74, 6) is 2.76. The minimum atomic E-state index is -0.00312. The molecule has 2 heteroatoms. The van der Waals surface area contributed by atoms with Crippen molar-refractivity contribution in [1.29, 1.82) is 0 Å². The molecule has 1 aliphatic rings. The van der Waals surface area contributed by atoms with Crippen LogP contribution in [0.25, 0.3) is 0 Å². The zero-order chi connectivity index (χ0) is 8.81. The van der Waals surface area contributed by atoms with Crippen molar-refractivity contribution < 1.29 is 5.11 Å². The number of hydrogen-bond donors (Lipinski definition) is 1. The molecule has 2 unspecified atom stereocenters. The lowest BCUT2D eigenvalue weighted by Gasteiger charge is -2.12. The fourth-order valence-electron chi connectivity index (χ4n) is 1.70. The molecule has 0 aromatic carbocycles. The fraction of sp³-hybridized carbons (Fsp3) is 1.00. The average molecular weight is 188 g/mol. The summed E-state index contributed by atoms with van der Waals surface area (Å²) in [6.45, 7) is 2.24. The molecule has 0 saturated carbocycles. The minimum absolute atomic E-state index is 0.00312. The second kappa shape index (κ2) is 5.87. The first-order valence-electron chi connectivity index (χ1n) is 5.10. The van der Waals surface area contributed by atoms with Gasteiger partial charge in [-0.1, -0.05) is 32.6 Å². The second-order valence-electron chi connectivity index (χ2n) is 3.71. The Hall–Kier alpha value is 0.310. The summed E-state index contributed by atoms with van der Waals surface area (Å²) in [7, 11) is 0. The van der Waals surface area contributed by atoms with Gasteiger partial charge in [-0.25, -0.2) is 0 Å². The molecule has 0 aliphatic carbocycles. The van der Waals surface area contributed by atoms with Gasteiger partial charge in [-0.15, -0.1) is 0 Å². The third kappa shape index (κ3) is 3.36. The fourth-order valence-corrected chi connectivity index (χ4v) is 3.04. The van der Waals surface area contributed by atoms with Gasteiger partial charge >= 0.3 is 0 Å². The van der Waals surface area contributed by atoms with Crippen molar-refractivity contribution in [2.45, 2.75) is 45.1 Å². The van der Waals surface area contributed by atoms with Crippen LogP contribution in [0, 0.1) is 5.92 Å². The highest BCUT2D eigenvalue weighted by molar-refractivity contribution is 7.99. The van der Waals surface area contributed by atoms with Gasteiger partial charge in [0.05, 0.1) is 6.10 Å². The van der Waals surface area contributed by atoms with Crippen molar-refractivity contribution in [2.75, 3.05) is 11.5 Å². The van der Waals surface area contributed by atoms with E-state index in [9.17, 15) is 5.11 Å². The molecule has 12 heavy (non-hydrogen) atoms. The summed E-state index contributed by atoms with van der Waals surface area (Å²) in [5.41, 5.74) is 0. The molecular formula is C10H20OS. The van der Waals surface area contributed by atoms with Crippen molar-refractivity contribution in [1.82, 2.24) is 0 Å². The van der Waals surface area contributed by atoms with E-state index in [0.717, 1.165) is 5.75 Å². The molecule has 72 valence electrons. The summed E-state index contributed by atoms with van der Waals surface area (Å²) in [6, 6.07) is 0. The lowest BCUT2D eigenvalue weighted by Crippen LogP contribution is -2.17. The van der Waals surface area contributed by atoms with Crippen LogP contribution in [0.4, 0.5) is 0 Å². The van der Waals surface area contributed by atoms with E-state index < -0.39 is 0 Å². The SMILES string of the molecule is CCCCCCC1CSCC1O. The Balaban J connectivity index is 1.98. The number of unbranched alkanes of at least 4 members (excludes halogenated alkanes) is 3. The highest BCUT2D eigenvalue weighted by Gasteiger charge is 2.24. The number of hydrogen-bond acceptors (Lipinski definition) is 2. The zero-order valence-corrected chi connectivity index (χ0v) is 8.78. The minimum Gasteiger partial charge on any atom is -0.392 e. The van der Waals surface area contributed by atoms with Crippen LogP contribution in [0.15, 0.2) is 0 Å². The van der Waals surface area contributed by atoms with Crippen LogP contribution in [-0.2, 0) is 0 Å². The Labute approximate surface area is 79.9 Å². The maximum absolute atomic E-state index is 9.52. The first kappa shape index (κ1) is 10.4. The summed E-state index contributed by atoms with van der Waals surface area (Å²) in [6.07, 6.45) is 6.57. The predicted molar refractivity (Wildman–Crippen MR) is 55.6 cm³/mol. The van der Waals surface area contributed by atoms with Crippen molar-refractivity contribution in [3.05, 3.63) is 0 Å². The molecular weight excluding hydrogens is 168 g/mol. The Morgan fingerprint density at radius 2 is 2.08 bits per heavy atom. The first-order chi connectivity index (χ1) is 5.84. The standard InChI is InChI=1S/C10H20OS/c1-2-3-4-5-6-9-7-12-8-10(9)11/h9-11H,2-8H2,1H3. The molecule has 1 saturated heterocycles. The third-order valence-corrected chi connectivity index (χ3v) is 3.83. The smallest absolute Gasteiger partial charge is 0.0666 e. The van der Waals surface area contributed by atoms with E-state index in [0.29, 0.717) is 5.92 Å². The summed E-state index contributed by atoms with van der Waals surface area (Å²) >= 11 is 1.90. The van der Waals surface area contributed by atoms with E-state index in [1.54, 1.807) is 0 Å². The molecule has 0 aromatic rings. The van der Waals surface area contributed by atoms with Gasteiger partial charge < -0.3 is 5.11 Å². The van der Waals surface area contributed by atoms with Gasteiger partial charge in [-0.05, 0) is 18.1 Å². The molecule has 0 aromatic heterocycles. The third-order valence-electron chi connectivity index (χ3n) is 2.59. The predicted octanol–water partition coefficient (Wildman–Crippen LogP) is 2.68. The summed E-state index contributed by atoms with van der Waals surface area (Å²) in [5, 5.41) is 9.52. The van der Waals surface area contributed by atoms with E-state index in [1.165, 1.54) is 37.9 Å². The Morgan fingerprint density at radius 3 is 2.67 bits per heavy atom. The van der Waals surface area contributed by atoms with Gasteiger partial charge in [0, 0.05) is 5.75 Å². The molecule has 2 atom stereocenters. The molecule has 1 aliphatic heterocycles. The average Bonchev–Trinajstić information content (AvgIpc) is 2.46. The Bertz CT molecular complexity index is 116. The van der Waals surface area contributed by atoms with Gasteiger partial charge in [0.1, 0.15) is 0 Å². The molecule has 0 radical (unpaired) electrons. The largest absolute Gasteiger partial charge is 0.392 e. The van der Waals surface area contributed by atoms with Crippen LogP contribution in [0.2, 0.25) is 0 Å². The Kier molecular flexibility index (Phi) is 5.08. The van der Waals surface area contributed by atoms with Gasteiger partial charge in [-0.3, -0.25) is 0 Å². The highest BCUT2D eigenvalue weighted by Crippen LogP contribution is 2.28. The normalized spacial score (nSPS) is 29.5. The van der Waals surface area contributed by atoms with Crippen LogP contribution < -0.4 is 0 Å². The van der Waals surface area contributed by atoms with Crippen molar-refractivity contribution >= 4 is 11.8 Å². The van der Waals surface area contributed by atoms with Crippen LogP contribution in [0.3, 0.4) is 0 Å². The quantitative estimate of drug-likeness (QED) is 0.669. The molecule has 0 amide bonds. The van der Waals surface area contributed by atoms with Gasteiger partial charge in [0.15, 0.2) is 0 Å². The van der Waals surface area contributed by atoms with E-state index in [-0.39, 0.29) is 6.10 Å². The maximum atomic E-state index is 9.52. The molecule has 1 nitrogen and oxygen atoms in total. The van der Waals surface area contributed by atoms with E-state index >= 15 is 0 Å². The van der Waals surface area contributed by atoms with Gasteiger partial charge in [-0.2, -0.15) is 11.8 Å². The maximum Gasteiger partial charge on any atom is 0.0666 e. The highest BCUT2D eigenvalue weighted by atomic mass is 32.2. The van der Waals surface area contributed by atoms with Crippen molar-refractivity contribution in [3.63, 3.8) is 0 Å². The van der Waals surface area contributed by atoms with Crippen molar-refractivity contribution in [3.8, 4) is 0 Å². The molecule has 0 bridgehead atoms. The number of aliphatic hydroxyl groups excluding tert-OH is 1.